The molecule has 0 radical (unpaired) electrons. The minimum absolute atomic E-state index is 0.0554. The molecule has 1 amide bonds. The Kier molecular flexibility index (Phi) is 4.45. The third-order valence-corrected chi connectivity index (χ3v) is 2.65. The van der Waals surface area contributed by atoms with Gasteiger partial charge in [0.2, 0.25) is 5.91 Å². The number of alkyl halides is 1. The van der Waals surface area contributed by atoms with Crippen LogP contribution >= 0.6 is 15.9 Å². The highest BCUT2D eigenvalue weighted by atomic mass is 79.9. The lowest BCUT2D eigenvalue weighted by Crippen LogP contribution is -2.31. The average molecular weight is 247 g/mol. The SMILES string of the molecule is CN1CC=C(CNC(=O)CBr)CC1. The molecule has 13 heavy (non-hydrogen) atoms. The highest BCUT2D eigenvalue weighted by molar-refractivity contribution is 9.09. The van der Waals surface area contributed by atoms with Gasteiger partial charge in [0.25, 0.3) is 0 Å². The van der Waals surface area contributed by atoms with Crippen LogP contribution in [0.5, 0.6) is 0 Å². The van der Waals surface area contributed by atoms with Crippen LogP contribution < -0.4 is 5.32 Å². The third kappa shape index (κ3) is 3.91. The van der Waals surface area contributed by atoms with Gasteiger partial charge in [0, 0.05) is 19.6 Å². The van der Waals surface area contributed by atoms with E-state index in [1.54, 1.807) is 0 Å². The second-order valence-corrected chi connectivity index (χ2v) is 3.85. The van der Waals surface area contributed by atoms with E-state index in [2.05, 4.69) is 39.3 Å². The molecule has 0 fully saturated rings. The summed E-state index contributed by atoms with van der Waals surface area (Å²) in [5.41, 5.74) is 1.34. The highest BCUT2D eigenvalue weighted by Gasteiger charge is 2.07. The Bertz CT molecular complexity index is 216. The Balaban J connectivity index is 2.26. The molecule has 0 aliphatic carbocycles. The quantitative estimate of drug-likeness (QED) is 0.590. The molecule has 0 bridgehead atoms. The van der Waals surface area contributed by atoms with Gasteiger partial charge < -0.3 is 10.2 Å². The van der Waals surface area contributed by atoms with Crippen molar-refractivity contribution in [3.63, 3.8) is 0 Å². The Labute approximate surface area is 87.3 Å². The molecule has 74 valence electrons. The number of nitrogens with zero attached hydrogens (tertiary/aromatic N) is 1. The summed E-state index contributed by atoms with van der Waals surface area (Å²) in [5.74, 6) is 0.0554. The van der Waals surface area contributed by atoms with E-state index in [4.69, 9.17) is 0 Å². The smallest absolute Gasteiger partial charge is 0.230 e. The fourth-order valence-corrected chi connectivity index (χ4v) is 1.43. The third-order valence-electron chi connectivity index (χ3n) is 2.14. The number of hydrogen-bond donors (Lipinski definition) is 1. The van der Waals surface area contributed by atoms with Crippen LogP contribution in [0, 0.1) is 0 Å². The number of carbonyl (C=O) groups is 1. The molecule has 0 saturated carbocycles. The minimum Gasteiger partial charge on any atom is -0.352 e. The van der Waals surface area contributed by atoms with E-state index in [9.17, 15) is 4.79 Å². The first-order valence-corrected chi connectivity index (χ1v) is 5.53. The van der Waals surface area contributed by atoms with Gasteiger partial charge in [-0.15, -0.1) is 0 Å². The summed E-state index contributed by atoms with van der Waals surface area (Å²) in [6, 6.07) is 0. The van der Waals surface area contributed by atoms with Crippen LogP contribution in [0.3, 0.4) is 0 Å². The predicted molar refractivity (Wildman–Crippen MR) is 57.0 cm³/mol. The Morgan fingerprint density at radius 1 is 1.77 bits per heavy atom. The summed E-state index contributed by atoms with van der Waals surface area (Å²) in [4.78, 5) is 13.2. The molecule has 0 aromatic heterocycles. The zero-order chi connectivity index (χ0) is 9.68. The van der Waals surface area contributed by atoms with Crippen LogP contribution in [0.4, 0.5) is 0 Å². The maximum atomic E-state index is 10.9. The van der Waals surface area contributed by atoms with Crippen molar-refractivity contribution in [2.45, 2.75) is 6.42 Å². The zero-order valence-corrected chi connectivity index (χ0v) is 9.43. The van der Waals surface area contributed by atoms with E-state index in [1.165, 1.54) is 5.57 Å². The maximum absolute atomic E-state index is 10.9. The molecule has 1 N–H and O–H groups in total. The van der Waals surface area contributed by atoms with Crippen molar-refractivity contribution >= 4 is 21.8 Å². The fourth-order valence-electron chi connectivity index (χ4n) is 1.23. The average Bonchev–Trinajstić information content (AvgIpc) is 2.16. The normalized spacial score (nSPS) is 18.2. The topological polar surface area (TPSA) is 32.3 Å². The van der Waals surface area contributed by atoms with E-state index in [0.29, 0.717) is 11.9 Å². The van der Waals surface area contributed by atoms with Gasteiger partial charge in [0.1, 0.15) is 0 Å². The van der Waals surface area contributed by atoms with Crippen molar-refractivity contribution in [2.75, 3.05) is 32.0 Å². The van der Waals surface area contributed by atoms with Gasteiger partial charge >= 0.3 is 0 Å². The van der Waals surface area contributed by atoms with Crippen LogP contribution in [0.2, 0.25) is 0 Å². The Morgan fingerprint density at radius 3 is 3.08 bits per heavy atom. The van der Waals surface area contributed by atoms with Crippen molar-refractivity contribution in [1.29, 1.82) is 0 Å². The fraction of sp³-hybridized carbons (Fsp3) is 0.667. The lowest BCUT2D eigenvalue weighted by atomic mass is 10.1. The van der Waals surface area contributed by atoms with Gasteiger partial charge in [-0.25, -0.2) is 0 Å². The summed E-state index contributed by atoms with van der Waals surface area (Å²) < 4.78 is 0. The van der Waals surface area contributed by atoms with Crippen LogP contribution in [0.1, 0.15) is 6.42 Å². The molecule has 0 saturated heterocycles. The number of nitrogens with one attached hydrogen (secondary N) is 1. The van der Waals surface area contributed by atoms with Crippen molar-refractivity contribution in [1.82, 2.24) is 10.2 Å². The second kappa shape index (κ2) is 5.40. The molecule has 1 aliphatic heterocycles. The molecule has 0 unspecified atom stereocenters. The number of hydrogen-bond acceptors (Lipinski definition) is 2. The van der Waals surface area contributed by atoms with E-state index in [1.807, 2.05) is 0 Å². The maximum Gasteiger partial charge on any atom is 0.230 e. The van der Waals surface area contributed by atoms with Crippen molar-refractivity contribution in [2.24, 2.45) is 0 Å². The zero-order valence-electron chi connectivity index (χ0n) is 7.85. The molecule has 1 rings (SSSR count). The van der Waals surface area contributed by atoms with Crippen molar-refractivity contribution < 1.29 is 4.79 Å². The lowest BCUT2D eigenvalue weighted by molar-refractivity contribution is -0.118. The van der Waals surface area contributed by atoms with Crippen molar-refractivity contribution in [3.8, 4) is 0 Å². The monoisotopic (exact) mass is 246 g/mol. The van der Waals surface area contributed by atoms with Gasteiger partial charge in [-0.05, 0) is 13.5 Å². The first kappa shape index (κ1) is 10.7. The summed E-state index contributed by atoms with van der Waals surface area (Å²) in [6.45, 7) is 2.80. The van der Waals surface area contributed by atoms with Crippen LogP contribution in [0.25, 0.3) is 0 Å². The minimum atomic E-state index is 0.0554. The Morgan fingerprint density at radius 2 is 2.54 bits per heavy atom. The van der Waals surface area contributed by atoms with E-state index >= 15 is 0 Å². The van der Waals surface area contributed by atoms with Crippen LogP contribution in [-0.4, -0.2) is 42.8 Å². The molecule has 3 nitrogen and oxygen atoms in total. The Hall–Kier alpha value is -0.350. The molecule has 1 aliphatic rings. The molecule has 0 spiro atoms. The van der Waals surface area contributed by atoms with E-state index in [-0.39, 0.29) is 5.91 Å². The molecular formula is C9H15BrN2O. The lowest BCUT2D eigenvalue weighted by Gasteiger charge is -2.21. The molecule has 0 atom stereocenters. The summed E-state index contributed by atoms with van der Waals surface area (Å²) in [6.07, 6.45) is 3.26. The van der Waals surface area contributed by atoms with Gasteiger partial charge in [-0.1, -0.05) is 27.6 Å². The molecule has 4 heteroatoms. The van der Waals surface area contributed by atoms with Gasteiger partial charge in [-0.2, -0.15) is 0 Å². The first-order chi connectivity index (χ1) is 6.22. The number of rotatable bonds is 3. The van der Waals surface area contributed by atoms with E-state index in [0.717, 1.165) is 19.5 Å². The molecule has 0 aromatic rings. The molecule has 1 heterocycles. The number of likely N-dealkylation sites (N-methyl/N-ethyl adjacent to an activating group) is 1. The highest BCUT2D eigenvalue weighted by Crippen LogP contribution is 2.07. The standard InChI is InChI=1S/C9H15BrN2O/c1-12-4-2-8(3-5-12)7-11-9(13)6-10/h2H,3-7H2,1H3,(H,11,13). The van der Waals surface area contributed by atoms with Crippen LogP contribution in [-0.2, 0) is 4.79 Å². The predicted octanol–water partition coefficient (Wildman–Crippen LogP) is 0.759. The number of carbonyl (C=O) groups excluding carboxylic acids is 1. The number of amides is 1. The van der Waals surface area contributed by atoms with Crippen LogP contribution in [0.15, 0.2) is 11.6 Å². The largest absolute Gasteiger partial charge is 0.352 e. The molecular weight excluding hydrogens is 232 g/mol. The summed E-state index contributed by atoms with van der Waals surface area (Å²) >= 11 is 3.11. The second-order valence-electron chi connectivity index (χ2n) is 3.28. The summed E-state index contributed by atoms with van der Waals surface area (Å²) in [5, 5.41) is 3.23. The van der Waals surface area contributed by atoms with Gasteiger partial charge in [-0.3, -0.25) is 4.79 Å². The summed E-state index contributed by atoms with van der Waals surface area (Å²) in [7, 11) is 2.10. The van der Waals surface area contributed by atoms with Crippen molar-refractivity contribution in [3.05, 3.63) is 11.6 Å². The van der Waals surface area contributed by atoms with Gasteiger partial charge in [0.05, 0.1) is 5.33 Å². The molecule has 0 aromatic carbocycles. The number of halogens is 1. The van der Waals surface area contributed by atoms with E-state index < -0.39 is 0 Å². The van der Waals surface area contributed by atoms with Gasteiger partial charge in [0.15, 0.2) is 0 Å². The first-order valence-electron chi connectivity index (χ1n) is 4.41.